The third kappa shape index (κ3) is 6.52. The molecule has 1 aromatic rings. The summed E-state index contributed by atoms with van der Waals surface area (Å²) in [4.78, 5) is 25.5. The minimum Gasteiger partial charge on any atom is -0.493 e. The molecule has 0 heterocycles. The number of hydrogen-bond acceptors (Lipinski definition) is 8. The van der Waals surface area contributed by atoms with Gasteiger partial charge in [-0.2, -0.15) is 0 Å². The fraction of sp³-hybridized carbons (Fsp3) is 0.636. The lowest BCUT2D eigenvalue weighted by atomic mass is 9.75. The number of ether oxygens (including phenoxy) is 3. The summed E-state index contributed by atoms with van der Waals surface area (Å²) in [7, 11) is 2.83. The molecule has 0 bridgehead atoms. The molecular formula is C22H35BN2O8. The Hall–Kier alpha value is -2.50. The topological polar surface area (TPSA) is 147 Å². The fourth-order valence-electron chi connectivity index (χ4n) is 4.15. The molecule has 184 valence electrons. The smallest absolute Gasteiger partial charge is 0.475 e. The number of aliphatic hydroxyl groups is 1. The Bertz CT molecular complexity index is 833. The maximum Gasteiger partial charge on any atom is 0.475 e. The van der Waals surface area contributed by atoms with Gasteiger partial charge in [-0.15, -0.1) is 0 Å². The van der Waals surface area contributed by atoms with Crippen molar-refractivity contribution in [1.82, 2.24) is 10.6 Å². The molecule has 0 fully saturated rings. The van der Waals surface area contributed by atoms with Crippen molar-refractivity contribution >= 4 is 18.9 Å². The summed E-state index contributed by atoms with van der Waals surface area (Å²) in [6, 6.07) is 0.670. The molecule has 3 atom stereocenters. The van der Waals surface area contributed by atoms with Crippen molar-refractivity contribution in [3.05, 3.63) is 17.2 Å². The first-order chi connectivity index (χ1) is 15.7. The highest BCUT2D eigenvalue weighted by Crippen LogP contribution is 2.45. The van der Waals surface area contributed by atoms with Crippen LogP contribution in [0.15, 0.2) is 6.07 Å². The number of hydrogen-bond donors (Lipinski definition) is 5. The lowest BCUT2D eigenvalue weighted by Gasteiger charge is -2.29. The number of amides is 2. The van der Waals surface area contributed by atoms with Crippen LogP contribution in [0, 0.1) is 11.8 Å². The van der Waals surface area contributed by atoms with Gasteiger partial charge in [0, 0.05) is 11.5 Å². The zero-order chi connectivity index (χ0) is 24.7. The van der Waals surface area contributed by atoms with Crippen LogP contribution in [-0.4, -0.2) is 74.0 Å². The van der Waals surface area contributed by atoms with Gasteiger partial charge < -0.3 is 40.0 Å². The van der Waals surface area contributed by atoms with Crippen LogP contribution in [0.4, 0.5) is 0 Å². The lowest BCUT2D eigenvalue weighted by Crippen LogP contribution is -2.56. The fourth-order valence-corrected chi connectivity index (χ4v) is 4.15. The second-order valence-electron chi connectivity index (χ2n) is 8.62. The summed E-state index contributed by atoms with van der Waals surface area (Å²) in [6.07, 6.45) is 1.85. The average Bonchev–Trinajstić information content (AvgIpc) is 2.79. The van der Waals surface area contributed by atoms with Gasteiger partial charge in [0.15, 0.2) is 11.5 Å². The van der Waals surface area contributed by atoms with Gasteiger partial charge in [0.05, 0.1) is 33.9 Å². The summed E-state index contributed by atoms with van der Waals surface area (Å²) >= 11 is 0. The molecule has 10 nitrogen and oxygen atoms in total. The molecule has 0 radical (unpaired) electrons. The predicted octanol–water partition coefficient (Wildman–Crippen LogP) is -0.163. The van der Waals surface area contributed by atoms with E-state index in [1.165, 1.54) is 14.2 Å². The van der Waals surface area contributed by atoms with Gasteiger partial charge in [-0.05, 0) is 43.2 Å². The van der Waals surface area contributed by atoms with E-state index in [-0.39, 0.29) is 11.8 Å². The Morgan fingerprint density at radius 3 is 2.30 bits per heavy atom. The first-order valence-electron chi connectivity index (χ1n) is 11.0. The van der Waals surface area contributed by atoms with Crippen LogP contribution in [0.2, 0.25) is 0 Å². The minimum absolute atomic E-state index is 0.104. The third-order valence-electron chi connectivity index (χ3n) is 5.84. The molecule has 1 aromatic carbocycles. The lowest BCUT2D eigenvalue weighted by molar-refractivity contribution is -0.132. The van der Waals surface area contributed by atoms with E-state index in [9.17, 15) is 24.7 Å². The number of benzene rings is 1. The molecule has 0 aliphatic heterocycles. The van der Waals surface area contributed by atoms with Crippen LogP contribution in [0.1, 0.15) is 37.8 Å². The number of rotatable bonds is 11. The Balaban J connectivity index is 2.13. The highest BCUT2D eigenvalue weighted by molar-refractivity contribution is 6.43. The molecule has 2 rings (SSSR count). The van der Waals surface area contributed by atoms with Gasteiger partial charge in [0.25, 0.3) is 0 Å². The van der Waals surface area contributed by atoms with Gasteiger partial charge in [0.1, 0.15) is 6.04 Å². The summed E-state index contributed by atoms with van der Waals surface area (Å²) < 4.78 is 16.4. The number of fused-ring (bicyclic) bond motifs is 1. The van der Waals surface area contributed by atoms with E-state index in [0.29, 0.717) is 42.9 Å². The molecule has 0 aromatic heterocycles. The Labute approximate surface area is 194 Å². The predicted molar refractivity (Wildman–Crippen MR) is 122 cm³/mol. The van der Waals surface area contributed by atoms with Crippen molar-refractivity contribution in [3.63, 3.8) is 0 Å². The van der Waals surface area contributed by atoms with E-state index in [2.05, 4.69) is 10.6 Å². The first-order valence-corrected chi connectivity index (χ1v) is 11.0. The largest absolute Gasteiger partial charge is 0.493 e. The highest BCUT2D eigenvalue weighted by atomic mass is 16.5. The molecule has 1 aliphatic rings. The summed E-state index contributed by atoms with van der Waals surface area (Å²) in [5.74, 6) is -0.790. The number of aliphatic hydroxyl groups excluding tert-OH is 1. The minimum atomic E-state index is -1.75. The Morgan fingerprint density at radius 2 is 1.79 bits per heavy atom. The van der Waals surface area contributed by atoms with Gasteiger partial charge in [-0.25, -0.2) is 0 Å². The summed E-state index contributed by atoms with van der Waals surface area (Å²) in [5, 5.41) is 33.9. The van der Waals surface area contributed by atoms with Crippen LogP contribution < -0.4 is 24.8 Å². The van der Waals surface area contributed by atoms with E-state index in [1.807, 2.05) is 19.9 Å². The Morgan fingerprint density at radius 1 is 1.12 bits per heavy atom. The molecule has 5 N–H and O–H groups in total. The van der Waals surface area contributed by atoms with Crippen molar-refractivity contribution in [2.45, 2.75) is 51.5 Å². The standard InChI is InChI=1S/C22H35BN2O8/c1-12(2)8-18(23(29)30)25-22(28)16(11-26)24-21(27)14-7-6-13-10-17(31-3)20(33-5)19(32-4)15(13)9-14/h10,12,14,16,18,26,29-30H,6-9,11H2,1-5H3,(H,24,27)(H,25,28)/t14?,16-,18?/m0/s1. The highest BCUT2D eigenvalue weighted by Gasteiger charge is 2.33. The molecule has 1 aliphatic carbocycles. The second-order valence-corrected chi connectivity index (χ2v) is 8.62. The Kier molecular flexibility index (Phi) is 9.81. The van der Waals surface area contributed by atoms with E-state index in [1.54, 1.807) is 7.11 Å². The summed E-state index contributed by atoms with van der Waals surface area (Å²) in [5.41, 5.74) is 1.84. The van der Waals surface area contributed by atoms with Gasteiger partial charge >= 0.3 is 7.12 Å². The molecule has 11 heteroatoms. The van der Waals surface area contributed by atoms with Gasteiger partial charge in [-0.1, -0.05) is 13.8 Å². The van der Waals surface area contributed by atoms with Crippen molar-refractivity contribution in [2.24, 2.45) is 11.8 Å². The zero-order valence-corrected chi connectivity index (χ0v) is 19.9. The molecule has 2 unspecified atom stereocenters. The van der Waals surface area contributed by atoms with Crippen molar-refractivity contribution < 1.29 is 39.0 Å². The molecule has 0 saturated heterocycles. The number of carbonyl (C=O) groups is 2. The normalized spacial score (nSPS) is 16.9. The maximum absolute atomic E-state index is 13.0. The average molecular weight is 466 g/mol. The number of methoxy groups -OCH3 is 3. The van der Waals surface area contributed by atoms with Crippen LogP contribution in [0.3, 0.4) is 0 Å². The number of aryl methyl sites for hydroxylation is 1. The van der Waals surface area contributed by atoms with Crippen LogP contribution in [-0.2, 0) is 22.4 Å². The second kappa shape index (κ2) is 12.1. The molecule has 2 amide bonds. The van der Waals surface area contributed by atoms with Crippen molar-refractivity contribution in [3.8, 4) is 17.2 Å². The van der Waals surface area contributed by atoms with E-state index >= 15 is 0 Å². The monoisotopic (exact) mass is 466 g/mol. The van der Waals surface area contributed by atoms with E-state index in [4.69, 9.17) is 14.2 Å². The number of carbonyl (C=O) groups excluding carboxylic acids is 2. The molecule has 33 heavy (non-hydrogen) atoms. The molecular weight excluding hydrogens is 431 g/mol. The maximum atomic E-state index is 13.0. The van der Waals surface area contributed by atoms with Gasteiger partial charge in [0.2, 0.25) is 17.6 Å². The quantitative estimate of drug-likeness (QED) is 0.283. The summed E-state index contributed by atoms with van der Waals surface area (Å²) in [6.45, 7) is 3.14. The zero-order valence-electron chi connectivity index (χ0n) is 19.9. The van der Waals surface area contributed by atoms with Crippen molar-refractivity contribution in [2.75, 3.05) is 27.9 Å². The van der Waals surface area contributed by atoms with E-state index < -0.39 is 37.5 Å². The van der Waals surface area contributed by atoms with Gasteiger partial charge in [-0.3, -0.25) is 9.59 Å². The third-order valence-corrected chi connectivity index (χ3v) is 5.84. The molecule has 0 saturated carbocycles. The molecule has 0 spiro atoms. The SMILES string of the molecule is COc1cc2c(c(OC)c1OC)CC(C(=O)N[C@@H](CO)C(=O)NC(CC(C)C)B(O)O)CC2. The van der Waals surface area contributed by atoms with E-state index in [0.717, 1.165) is 11.1 Å². The van der Waals surface area contributed by atoms with Crippen LogP contribution in [0.5, 0.6) is 17.2 Å². The number of nitrogens with one attached hydrogen (secondary N) is 2. The van der Waals surface area contributed by atoms with Crippen LogP contribution >= 0.6 is 0 Å². The van der Waals surface area contributed by atoms with Crippen molar-refractivity contribution in [1.29, 1.82) is 0 Å². The first kappa shape index (κ1) is 26.8. The van der Waals surface area contributed by atoms with Crippen LogP contribution in [0.25, 0.3) is 0 Å².